The van der Waals surface area contributed by atoms with Crippen molar-refractivity contribution in [2.24, 2.45) is 5.92 Å². The van der Waals surface area contributed by atoms with Gasteiger partial charge in [-0.25, -0.2) is 0 Å². The van der Waals surface area contributed by atoms with Crippen molar-refractivity contribution in [3.8, 4) is 0 Å². The van der Waals surface area contributed by atoms with Crippen molar-refractivity contribution < 1.29 is 15.0 Å². The minimum atomic E-state index is -1.21. The summed E-state index contributed by atoms with van der Waals surface area (Å²) in [6.45, 7) is 0. The van der Waals surface area contributed by atoms with E-state index in [9.17, 15) is 9.90 Å². The average Bonchev–Trinajstić information content (AvgIpc) is 2.40. The predicted molar refractivity (Wildman–Crippen MR) is 69.2 cm³/mol. The smallest absolute Gasteiger partial charge is 0.306 e. The Morgan fingerprint density at radius 2 is 1.78 bits per heavy atom. The van der Waals surface area contributed by atoms with Crippen molar-refractivity contribution in [2.75, 3.05) is 0 Å². The lowest BCUT2D eigenvalue weighted by molar-refractivity contribution is -0.147. The molecule has 0 saturated heterocycles. The van der Waals surface area contributed by atoms with E-state index in [4.69, 9.17) is 5.11 Å². The lowest BCUT2D eigenvalue weighted by Crippen LogP contribution is -2.38. The third-order valence-corrected chi connectivity index (χ3v) is 3.97. The molecule has 1 atom stereocenters. The van der Waals surface area contributed by atoms with Crippen LogP contribution in [0.1, 0.15) is 44.1 Å². The number of carbonyl (C=O) groups is 1. The second-order valence-electron chi connectivity index (χ2n) is 5.20. The number of rotatable bonds is 4. The summed E-state index contributed by atoms with van der Waals surface area (Å²) < 4.78 is 0. The SMILES string of the molecule is O=C(O)CC(O)(c1ccccc1)C1CCCCC1. The summed E-state index contributed by atoms with van der Waals surface area (Å²) in [4.78, 5) is 11.1. The Morgan fingerprint density at radius 3 is 2.33 bits per heavy atom. The van der Waals surface area contributed by atoms with Crippen LogP contribution in [0.3, 0.4) is 0 Å². The summed E-state index contributed by atoms with van der Waals surface area (Å²) in [6.07, 6.45) is 4.98. The summed E-state index contributed by atoms with van der Waals surface area (Å²) in [7, 11) is 0. The second kappa shape index (κ2) is 5.53. The summed E-state index contributed by atoms with van der Waals surface area (Å²) in [5.74, 6) is -0.878. The van der Waals surface area contributed by atoms with E-state index >= 15 is 0 Å². The highest BCUT2D eigenvalue weighted by Gasteiger charge is 2.40. The highest BCUT2D eigenvalue weighted by Crippen LogP contribution is 2.41. The normalized spacial score (nSPS) is 20.3. The van der Waals surface area contributed by atoms with Crippen molar-refractivity contribution in [1.29, 1.82) is 0 Å². The predicted octanol–water partition coefficient (Wildman–Crippen LogP) is 2.93. The first-order valence-corrected chi connectivity index (χ1v) is 6.62. The quantitative estimate of drug-likeness (QED) is 0.861. The molecule has 98 valence electrons. The van der Waals surface area contributed by atoms with Gasteiger partial charge in [-0.1, -0.05) is 49.6 Å². The standard InChI is InChI=1S/C15H20O3/c16-14(17)11-15(18,12-7-3-1-4-8-12)13-9-5-2-6-10-13/h1,3-4,7-8,13,18H,2,5-6,9-11H2,(H,16,17). The fraction of sp³-hybridized carbons (Fsp3) is 0.533. The van der Waals surface area contributed by atoms with Crippen molar-refractivity contribution in [3.05, 3.63) is 35.9 Å². The molecule has 1 fully saturated rings. The number of hydrogen-bond acceptors (Lipinski definition) is 2. The molecule has 2 rings (SSSR count). The fourth-order valence-electron chi connectivity index (χ4n) is 3.02. The Bertz CT molecular complexity index is 395. The largest absolute Gasteiger partial charge is 0.481 e. The van der Waals surface area contributed by atoms with Crippen LogP contribution in [0.25, 0.3) is 0 Å². The van der Waals surface area contributed by atoms with Crippen molar-refractivity contribution in [2.45, 2.75) is 44.1 Å². The molecule has 0 bridgehead atoms. The number of carboxylic acid groups (broad SMARTS) is 1. The molecule has 3 nitrogen and oxygen atoms in total. The van der Waals surface area contributed by atoms with Crippen LogP contribution < -0.4 is 0 Å². The first kappa shape index (κ1) is 13.1. The summed E-state index contributed by atoms with van der Waals surface area (Å²) in [5.41, 5.74) is -0.479. The molecule has 18 heavy (non-hydrogen) atoms. The maximum Gasteiger partial charge on any atom is 0.306 e. The number of hydrogen-bond donors (Lipinski definition) is 2. The molecule has 0 aromatic heterocycles. The van der Waals surface area contributed by atoms with Gasteiger partial charge < -0.3 is 10.2 Å². The Balaban J connectivity index is 2.30. The van der Waals surface area contributed by atoms with E-state index in [1.54, 1.807) is 0 Å². The first-order chi connectivity index (χ1) is 8.63. The van der Waals surface area contributed by atoms with E-state index in [-0.39, 0.29) is 12.3 Å². The topological polar surface area (TPSA) is 57.5 Å². The number of aliphatic hydroxyl groups is 1. The van der Waals surface area contributed by atoms with E-state index in [1.807, 2.05) is 30.3 Å². The zero-order valence-corrected chi connectivity index (χ0v) is 10.5. The van der Waals surface area contributed by atoms with E-state index in [1.165, 1.54) is 6.42 Å². The Labute approximate surface area is 107 Å². The molecule has 1 unspecified atom stereocenters. The van der Waals surface area contributed by atoms with Gasteiger partial charge in [0, 0.05) is 0 Å². The highest BCUT2D eigenvalue weighted by atomic mass is 16.4. The molecule has 0 radical (unpaired) electrons. The van der Waals surface area contributed by atoms with Crippen molar-refractivity contribution in [3.63, 3.8) is 0 Å². The van der Waals surface area contributed by atoms with Crippen LogP contribution in [-0.2, 0) is 10.4 Å². The van der Waals surface area contributed by atoms with E-state index in [0.29, 0.717) is 0 Å². The van der Waals surface area contributed by atoms with Crippen LogP contribution in [0.4, 0.5) is 0 Å². The molecule has 1 aromatic carbocycles. The van der Waals surface area contributed by atoms with Gasteiger partial charge in [0.1, 0.15) is 5.60 Å². The molecule has 0 aliphatic heterocycles. The second-order valence-corrected chi connectivity index (χ2v) is 5.20. The average molecular weight is 248 g/mol. The minimum absolute atomic E-state index is 0.0600. The third kappa shape index (κ3) is 2.72. The molecule has 1 aliphatic carbocycles. The van der Waals surface area contributed by atoms with Gasteiger partial charge in [0.25, 0.3) is 0 Å². The molecule has 1 aliphatic rings. The molecule has 0 spiro atoms. The van der Waals surface area contributed by atoms with Crippen molar-refractivity contribution >= 4 is 5.97 Å². The van der Waals surface area contributed by atoms with E-state index < -0.39 is 11.6 Å². The van der Waals surface area contributed by atoms with Crippen LogP contribution >= 0.6 is 0 Å². The van der Waals surface area contributed by atoms with Crippen LogP contribution in [0, 0.1) is 5.92 Å². The molecule has 1 aromatic rings. The summed E-state index contributed by atoms with van der Waals surface area (Å²) >= 11 is 0. The lowest BCUT2D eigenvalue weighted by atomic mass is 9.72. The van der Waals surface area contributed by atoms with E-state index in [2.05, 4.69) is 0 Å². The molecule has 3 heteroatoms. The van der Waals surface area contributed by atoms with Crippen LogP contribution in [0.15, 0.2) is 30.3 Å². The molecule has 0 amide bonds. The molecule has 2 N–H and O–H groups in total. The van der Waals surface area contributed by atoms with Gasteiger partial charge >= 0.3 is 5.97 Å². The zero-order valence-electron chi connectivity index (χ0n) is 10.5. The molecule has 0 heterocycles. The highest BCUT2D eigenvalue weighted by molar-refractivity contribution is 5.68. The van der Waals surface area contributed by atoms with Crippen LogP contribution in [0.2, 0.25) is 0 Å². The van der Waals surface area contributed by atoms with Crippen molar-refractivity contribution in [1.82, 2.24) is 0 Å². The molecular formula is C15H20O3. The van der Waals surface area contributed by atoms with Gasteiger partial charge in [0.15, 0.2) is 0 Å². The fourth-order valence-corrected chi connectivity index (χ4v) is 3.02. The van der Waals surface area contributed by atoms with Gasteiger partial charge in [0.2, 0.25) is 0 Å². The monoisotopic (exact) mass is 248 g/mol. The van der Waals surface area contributed by atoms with Gasteiger partial charge in [0.05, 0.1) is 6.42 Å². The Morgan fingerprint density at radius 1 is 1.17 bits per heavy atom. The maximum absolute atomic E-state index is 11.1. The lowest BCUT2D eigenvalue weighted by Gasteiger charge is -2.38. The number of aliphatic carboxylic acids is 1. The Hall–Kier alpha value is -1.35. The van der Waals surface area contributed by atoms with Gasteiger partial charge in [-0.3, -0.25) is 4.79 Å². The van der Waals surface area contributed by atoms with E-state index in [0.717, 1.165) is 31.2 Å². The zero-order chi connectivity index (χ0) is 13.0. The Kier molecular flexibility index (Phi) is 4.02. The minimum Gasteiger partial charge on any atom is -0.481 e. The van der Waals surface area contributed by atoms with Gasteiger partial charge in [-0.15, -0.1) is 0 Å². The summed E-state index contributed by atoms with van der Waals surface area (Å²) in [5, 5.41) is 20.0. The van der Waals surface area contributed by atoms with Gasteiger partial charge in [-0.05, 0) is 24.3 Å². The van der Waals surface area contributed by atoms with Crippen LogP contribution in [0.5, 0.6) is 0 Å². The first-order valence-electron chi connectivity index (χ1n) is 6.62. The molecule has 1 saturated carbocycles. The number of benzene rings is 1. The summed E-state index contributed by atoms with van der Waals surface area (Å²) in [6, 6.07) is 9.25. The third-order valence-electron chi connectivity index (χ3n) is 3.97. The van der Waals surface area contributed by atoms with Gasteiger partial charge in [-0.2, -0.15) is 0 Å². The maximum atomic E-state index is 11.1. The van der Waals surface area contributed by atoms with Crippen LogP contribution in [-0.4, -0.2) is 16.2 Å². The molecular weight excluding hydrogens is 228 g/mol. The number of carboxylic acids is 1.